The summed E-state index contributed by atoms with van der Waals surface area (Å²) in [5.41, 5.74) is 0.0685. The van der Waals surface area contributed by atoms with Gasteiger partial charge >= 0.3 is 0 Å². The predicted octanol–water partition coefficient (Wildman–Crippen LogP) is 2.96. The number of hydrogen-bond donors (Lipinski definition) is 1. The number of fused-ring (bicyclic) bond motifs is 2. The number of nitrogens with zero attached hydrogens (tertiary/aromatic N) is 3. The molecule has 2 bridgehead atoms. The Morgan fingerprint density at radius 1 is 1.07 bits per heavy atom. The van der Waals surface area contributed by atoms with Crippen LogP contribution in [0.15, 0.2) is 35.1 Å². The smallest absolute Gasteiger partial charge is 0.266 e. The van der Waals surface area contributed by atoms with E-state index >= 15 is 0 Å². The number of benzene rings is 1. The van der Waals surface area contributed by atoms with Crippen LogP contribution < -0.4 is 5.56 Å². The Balaban J connectivity index is 1.33. The van der Waals surface area contributed by atoms with E-state index in [2.05, 4.69) is 10.00 Å². The Morgan fingerprint density at radius 2 is 1.79 bits per heavy atom. The van der Waals surface area contributed by atoms with Gasteiger partial charge in [0.25, 0.3) is 5.56 Å². The van der Waals surface area contributed by atoms with Crippen LogP contribution in [0.25, 0.3) is 0 Å². The molecule has 2 aromatic rings. The Kier molecular flexibility index (Phi) is 4.55. The molecule has 2 aliphatic heterocycles. The second kappa shape index (κ2) is 6.99. The molecule has 3 heterocycles. The molecule has 5 rings (SSSR count). The lowest BCUT2D eigenvalue weighted by Gasteiger charge is -2.43. The minimum atomic E-state index is -1.01. The van der Waals surface area contributed by atoms with E-state index in [-0.39, 0.29) is 24.2 Å². The van der Waals surface area contributed by atoms with E-state index in [1.165, 1.54) is 10.7 Å². The van der Waals surface area contributed by atoms with E-state index in [1.807, 2.05) is 0 Å². The molecule has 7 heteroatoms. The fraction of sp³-hybridized carbons (Fsp3) is 0.545. The molecule has 1 N–H and O–H groups in total. The summed E-state index contributed by atoms with van der Waals surface area (Å²) in [6.07, 6.45) is 5.03. The normalized spacial score (nSPS) is 29.3. The second-order valence-corrected chi connectivity index (χ2v) is 8.93. The molecule has 1 aromatic heterocycles. The summed E-state index contributed by atoms with van der Waals surface area (Å²) >= 11 is 0. The summed E-state index contributed by atoms with van der Waals surface area (Å²) in [5, 5.41) is 15.8. The maximum Gasteiger partial charge on any atom is 0.266 e. The van der Waals surface area contributed by atoms with Crippen LogP contribution in [0.5, 0.6) is 0 Å². The molecule has 154 valence electrons. The summed E-state index contributed by atoms with van der Waals surface area (Å²) < 4.78 is 29.1. The van der Waals surface area contributed by atoms with Crippen molar-refractivity contribution in [2.24, 2.45) is 0 Å². The van der Waals surface area contributed by atoms with Gasteiger partial charge in [-0.3, -0.25) is 9.69 Å². The Labute approximate surface area is 168 Å². The number of rotatable bonds is 5. The Morgan fingerprint density at radius 3 is 2.48 bits per heavy atom. The van der Waals surface area contributed by atoms with Gasteiger partial charge in [-0.1, -0.05) is 12.1 Å². The first kappa shape index (κ1) is 18.9. The number of hydrogen-bond acceptors (Lipinski definition) is 4. The fourth-order valence-electron chi connectivity index (χ4n) is 5.12. The van der Waals surface area contributed by atoms with Gasteiger partial charge in [0.1, 0.15) is 0 Å². The minimum absolute atomic E-state index is 0.0868. The van der Waals surface area contributed by atoms with Gasteiger partial charge in [-0.2, -0.15) is 5.10 Å². The van der Waals surface area contributed by atoms with Gasteiger partial charge in [-0.15, -0.1) is 0 Å². The second-order valence-electron chi connectivity index (χ2n) is 8.93. The van der Waals surface area contributed by atoms with Crippen molar-refractivity contribution in [2.75, 3.05) is 0 Å². The van der Waals surface area contributed by atoms with Crippen LogP contribution in [0.4, 0.5) is 8.78 Å². The zero-order chi connectivity index (χ0) is 20.2. The van der Waals surface area contributed by atoms with E-state index in [9.17, 15) is 18.7 Å². The summed E-state index contributed by atoms with van der Waals surface area (Å²) in [4.78, 5) is 14.5. The minimum Gasteiger partial charge on any atom is -0.388 e. The summed E-state index contributed by atoms with van der Waals surface area (Å²) in [6.45, 7) is 0.520. The highest BCUT2D eigenvalue weighted by Gasteiger charge is 2.48. The third-order valence-corrected chi connectivity index (χ3v) is 6.71. The highest BCUT2D eigenvalue weighted by molar-refractivity contribution is 5.20. The Bertz CT molecular complexity index is 974. The summed E-state index contributed by atoms with van der Waals surface area (Å²) in [5.74, 6) is -1.18. The lowest BCUT2D eigenvalue weighted by molar-refractivity contribution is -0.0680. The molecule has 0 amide bonds. The lowest BCUT2D eigenvalue weighted by atomic mass is 9.85. The molecule has 1 unspecified atom stereocenters. The highest BCUT2D eigenvalue weighted by Crippen LogP contribution is 2.42. The zero-order valence-corrected chi connectivity index (χ0v) is 16.2. The standard InChI is InChI=1S/C22H25F2N3O2/c23-18-3-1-2-15(21(18)24)12-26-16-6-7-17(26)11-22(29,10-16)13-27-20(28)9-8-19(25-27)14-4-5-14/h1-3,8-9,14,16-17,29H,4-7,10-13H2/t16-,17+,22?. The average Bonchev–Trinajstić information content (AvgIpc) is 3.49. The van der Waals surface area contributed by atoms with Gasteiger partial charge < -0.3 is 5.11 Å². The van der Waals surface area contributed by atoms with Gasteiger partial charge in [0.15, 0.2) is 11.6 Å². The predicted molar refractivity (Wildman–Crippen MR) is 103 cm³/mol. The molecule has 5 nitrogen and oxygen atoms in total. The molecular weight excluding hydrogens is 376 g/mol. The van der Waals surface area contributed by atoms with Crippen molar-refractivity contribution >= 4 is 0 Å². The first-order valence-corrected chi connectivity index (χ1v) is 10.4. The molecule has 0 spiro atoms. The van der Waals surface area contributed by atoms with E-state index in [1.54, 1.807) is 18.2 Å². The zero-order valence-electron chi connectivity index (χ0n) is 16.2. The quantitative estimate of drug-likeness (QED) is 0.837. The van der Waals surface area contributed by atoms with Crippen molar-refractivity contribution in [3.05, 3.63) is 63.6 Å². The van der Waals surface area contributed by atoms with Crippen LogP contribution >= 0.6 is 0 Å². The van der Waals surface area contributed by atoms with Gasteiger partial charge in [0, 0.05) is 36.2 Å². The average molecular weight is 401 g/mol. The fourth-order valence-corrected chi connectivity index (χ4v) is 5.12. The molecule has 2 saturated heterocycles. The molecule has 0 radical (unpaired) electrons. The van der Waals surface area contributed by atoms with Crippen molar-refractivity contribution < 1.29 is 13.9 Å². The molecule has 29 heavy (non-hydrogen) atoms. The maximum absolute atomic E-state index is 14.1. The third-order valence-electron chi connectivity index (χ3n) is 6.71. The number of aromatic nitrogens is 2. The topological polar surface area (TPSA) is 58.4 Å². The van der Waals surface area contributed by atoms with Crippen LogP contribution in [0, 0.1) is 11.6 Å². The SMILES string of the molecule is O=c1ccc(C2CC2)nn1CC1(O)C[C@H]2CC[C@@H](C1)N2Cc1cccc(F)c1F. The number of aliphatic hydroxyl groups is 1. The molecular formula is C22H25F2N3O2. The van der Waals surface area contributed by atoms with Gasteiger partial charge in [0.05, 0.1) is 17.8 Å². The van der Waals surface area contributed by atoms with Crippen LogP contribution in [0.1, 0.15) is 55.7 Å². The largest absolute Gasteiger partial charge is 0.388 e. The van der Waals surface area contributed by atoms with E-state index < -0.39 is 17.2 Å². The third kappa shape index (κ3) is 3.62. The van der Waals surface area contributed by atoms with Crippen molar-refractivity contribution in [3.63, 3.8) is 0 Å². The number of piperidine rings is 1. The van der Waals surface area contributed by atoms with Gasteiger partial charge in [-0.25, -0.2) is 13.5 Å². The lowest BCUT2D eigenvalue weighted by Crippen LogP contribution is -2.53. The first-order chi connectivity index (χ1) is 13.9. The number of halogens is 2. The van der Waals surface area contributed by atoms with Crippen LogP contribution in [0.3, 0.4) is 0 Å². The van der Waals surface area contributed by atoms with Crippen LogP contribution in [-0.2, 0) is 13.1 Å². The van der Waals surface area contributed by atoms with E-state index in [0.717, 1.165) is 37.4 Å². The van der Waals surface area contributed by atoms with E-state index in [0.29, 0.717) is 30.9 Å². The maximum atomic E-state index is 14.1. The molecule has 3 aliphatic rings. The van der Waals surface area contributed by atoms with Crippen molar-refractivity contribution in [2.45, 2.75) is 75.2 Å². The van der Waals surface area contributed by atoms with Crippen molar-refractivity contribution in [3.8, 4) is 0 Å². The monoisotopic (exact) mass is 401 g/mol. The summed E-state index contributed by atoms with van der Waals surface area (Å²) in [6, 6.07) is 7.78. The van der Waals surface area contributed by atoms with Crippen molar-refractivity contribution in [1.29, 1.82) is 0 Å². The molecule has 1 aliphatic carbocycles. The molecule has 3 atom stereocenters. The Hall–Kier alpha value is -2.12. The van der Waals surface area contributed by atoms with Crippen LogP contribution in [-0.4, -0.2) is 37.5 Å². The molecule has 1 aromatic carbocycles. The van der Waals surface area contributed by atoms with Crippen LogP contribution in [0.2, 0.25) is 0 Å². The highest BCUT2D eigenvalue weighted by atomic mass is 19.2. The van der Waals surface area contributed by atoms with Gasteiger partial charge in [0.2, 0.25) is 0 Å². The van der Waals surface area contributed by atoms with Gasteiger partial charge in [-0.05, 0) is 50.7 Å². The molecule has 3 fully saturated rings. The van der Waals surface area contributed by atoms with Crippen molar-refractivity contribution in [1.82, 2.24) is 14.7 Å². The molecule has 1 saturated carbocycles. The first-order valence-electron chi connectivity index (χ1n) is 10.4. The summed E-state index contributed by atoms with van der Waals surface area (Å²) in [7, 11) is 0. The van der Waals surface area contributed by atoms with E-state index in [4.69, 9.17) is 0 Å².